The Labute approximate surface area is 130 Å². The molecule has 126 valence electrons. The maximum Gasteiger partial charge on any atom is 0.410 e. The number of carbonyl (C=O) groups excluding carboxylic acids is 1. The Morgan fingerprint density at radius 3 is 2.22 bits per heavy atom. The van der Waals surface area contributed by atoms with Crippen molar-refractivity contribution in [1.29, 1.82) is 0 Å². The van der Waals surface area contributed by atoms with Crippen LogP contribution in [0, 0.1) is 5.41 Å². The summed E-state index contributed by atoms with van der Waals surface area (Å²) in [6, 6.07) is 8.85. The van der Waals surface area contributed by atoms with Crippen LogP contribution in [0.2, 0.25) is 0 Å². The lowest BCUT2D eigenvalue weighted by atomic mass is 9.78. The number of nitrogens with zero attached hydrogens (tertiary/aromatic N) is 1. The van der Waals surface area contributed by atoms with Gasteiger partial charge in [0.2, 0.25) is 0 Å². The minimum atomic E-state index is -4.85. The Morgan fingerprint density at radius 1 is 1.17 bits per heavy atom. The second kappa shape index (κ2) is 6.47. The second-order valence-corrected chi connectivity index (χ2v) is 5.41. The lowest BCUT2D eigenvalue weighted by Gasteiger charge is -2.39. The van der Waals surface area contributed by atoms with Crippen molar-refractivity contribution in [2.45, 2.75) is 25.6 Å². The lowest BCUT2D eigenvalue weighted by Crippen LogP contribution is -2.53. The second-order valence-electron chi connectivity index (χ2n) is 5.41. The molecule has 1 heterocycles. The van der Waals surface area contributed by atoms with E-state index >= 15 is 0 Å². The molecule has 1 N–H and O–H groups in total. The van der Waals surface area contributed by atoms with E-state index in [4.69, 9.17) is 9.84 Å². The molecule has 1 aliphatic rings. The number of alkyl halides is 3. The number of ether oxygens (including phenoxy) is 1. The zero-order valence-corrected chi connectivity index (χ0v) is 12.2. The number of aliphatic carboxylic acids is 1. The van der Waals surface area contributed by atoms with Crippen molar-refractivity contribution in [3.05, 3.63) is 35.9 Å². The molecule has 0 saturated carbocycles. The van der Waals surface area contributed by atoms with Gasteiger partial charge in [0, 0.05) is 13.1 Å². The quantitative estimate of drug-likeness (QED) is 0.924. The van der Waals surface area contributed by atoms with Gasteiger partial charge in [0.05, 0.1) is 0 Å². The SMILES string of the molecule is O=C(OCc1ccccc1)N1CCC(C(=O)O)(C(F)(F)F)CC1. The molecule has 1 fully saturated rings. The summed E-state index contributed by atoms with van der Waals surface area (Å²) in [5, 5.41) is 8.95. The minimum Gasteiger partial charge on any atom is -0.481 e. The molecule has 1 aromatic rings. The van der Waals surface area contributed by atoms with Crippen LogP contribution >= 0.6 is 0 Å². The summed E-state index contributed by atoms with van der Waals surface area (Å²) in [6.45, 7) is -0.599. The van der Waals surface area contributed by atoms with Crippen LogP contribution in [0.1, 0.15) is 18.4 Å². The molecule has 1 saturated heterocycles. The highest BCUT2D eigenvalue weighted by atomic mass is 19.4. The number of amides is 1. The summed E-state index contributed by atoms with van der Waals surface area (Å²) in [4.78, 5) is 24.0. The summed E-state index contributed by atoms with van der Waals surface area (Å²) in [5.41, 5.74) is -2.03. The fraction of sp³-hybridized carbons (Fsp3) is 0.467. The van der Waals surface area contributed by atoms with Gasteiger partial charge in [-0.1, -0.05) is 30.3 Å². The molecule has 1 aliphatic heterocycles. The number of carboxylic acids is 1. The van der Waals surface area contributed by atoms with E-state index in [9.17, 15) is 22.8 Å². The van der Waals surface area contributed by atoms with E-state index in [1.54, 1.807) is 30.3 Å². The Kier molecular flexibility index (Phi) is 4.82. The summed E-state index contributed by atoms with van der Waals surface area (Å²) < 4.78 is 44.1. The normalized spacial score (nSPS) is 17.6. The molecule has 0 spiro atoms. The summed E-state index contributed by atoms with van der Waals surface area (Å²) in [7, 11) is 0. The highest BCUT2D eigenvalue weighted by molar-refractivity contribution is 5.76. The average Bonchev–Trinajstić information content (AvgIpc) is 2.52. The van der Waals surface area contributed by atoms with E-state index in [0.29, 0.717) is 0 Å². The highest BCUT2D eigenvalue weighted by Gasteiger charge is 2.61. The molecule has 0 atom stereocenters. The molecule has 23 heavy (non-hydrogen) atoms. The first-order valence-electron chi connectivity index (χ1n) is 7.02. The number of benzene rings is 1. The maximum atomic E-state index is 13.0. The predicted molar refractivity (Wildman–Crippen MR) is 73.6 cm³/mol. The van der Waals surface area contributed by atoms with Gasteiger partial charge in [-0.15, -0.1) is 0 Å². The van der Waals surface area contributed by atoms with Gasteiger partial charge < -0.3 is 14.7 Å². The first-order chi connectivity index (χ1) is 10.8. The van der Waals surface area contributed by atoms with Crippen molar-refractivity contribution in [2.75, 3.05) is 13.1 Å². The number of piperidine rings is 1. The van der Waals surface area contributed by atoms with Crippen molar-refractivity contribution >= 4 is 12.1 Å². The minimum absolute atomic E-state index is 0.0134. The third-order valence-electron chi connectivity index (χ3n) is 4.03. The molecule has 1 amide bonds. The molecular formula is C15H16F3NO4. The number of halogens is 3. The zero-order valence-electron chi connectivity index (χ0n) is 12.2. The number of carboxylic acid groups (broad SMARTS) is 1. The first kappa shape index (κ1) is 17.1. The third kappa shape index (κ3) is 3.57. The van der Waals surface area contributed by atoms with E-state index in [0.717, 1.165) is 10.5 Å². The topological polar surface area (TPSA) is 66.8 Å². The van der Waals surface area contributed by atoms with Crippen molar-refractivity contribution in [3.8, 4) is 0 Å². The van der Waals surface area contributed by atoms with Crippen LogP contribution in [-0.4, -0.2) is 41.3 Å². The van der Waals surface area contributed by atoms with Gasteiger partial charge in [-0.25, -0.2) is 4.79 Å². The van der Waals surface area contributed by atoms with Crippen LogP contribution in [0.15, 0.2) is 30.3 Å². The standard InChI is InChI=1S/C15H16F3NO4/c16-15(17,18)14(12(20)21)6-8-19(9-7-14)13(22)23-10-11-4-2-1-3-5-11/h1-5H,6-10H2,(H,20,21). The molecule has 5 nitrogen and oxygen atoms in total. The zero-order chi connectivity index (χ0) is 17.1. The molecule has 0 aliphatic carbocycles. The Morgan fingerprint density at radius 2 is 1.74 bits per heavy atom. The monoisotopic (exact) mass is 331 g/mol. The van der Waals surface area contributed by atoms with Crippen LogP contribution in [-0.2, 0) is 16.1 Å². The number of hydrogen-bond donors (Lipinski definition) is 1. The van der Waals surface area contributed by atoms with Crippen LogP contribution in [0.4, 0.5) is 18.0 Å². The summed E-state index contributed by atoms with van der Waals surface area (Å²) in [6.07, 6.45) is -6.94. The smallest absolute Gasteiger partial charge is 0.410 e. The third-order valence-corrected chi connectivity index (χ3v) is 4.03. The molecule has 1 aromatic carbocycles. The highest BCUT2D eigenvalue weighted by Crippen LogP contribution is 2.46. The van der Waals surface area contributed by atoms with Gasteiger partial charge >= 0.3 is 18.2 Å². The largest absolute Gasteiger partial charge is 0.481 e. The van der Waals surface area contributed by atoms with Crippen molar-refractivity contribution < 1.29 is 32.6 Å². The van der Waals surface area contributed by atoms with Crippen molar-refractivity contribution in [2.24, 2.45) is 5.41 Å². The molecule has 2 rings (SSSR count). The van der Waals surface area contributed by atoms with Gasteiger partial charge in [0.15, 0.2) is 5.41 Å². The molecule has 0 bridgehead atoms. The fourth-order valence-corrected chi connectivity index (χ4v) is 2.50. The maximum absolute atomic E-state index is 13.0. The van der Waals surface area contributed by atoms with E-state index < -0.39 is 36.5 Å². The number of carbonyl (C=O) groups is 2. The van der Waals surface area contributed by atoms with Crippen LogP contribution in [0.5, 0.6) is 0 Å². The molecule has 0 radical (unpaired) electrons. The Balaban J connectivity index is 1.93. The average molecular weight is 331 g/mol. The molecule has 8 heteroatoms. The molecule has 0 unspecified atom stereocenters. The number of hydrogen-bond acceptors (Lipinski definition) is 3. The van der Waals surface area contributed by atoms with E-state index in [1.807, 2.05) is 0 Å². The number of likely N-dealkylation sites (tertiary alicyclic amines) is 1. The first-order valence-corrected chi connectivity index (χ1v) is 7.02. The Hall–Kier alpha value is -2.25. The summed E-state index contributed by atoms with van der Waals surface area (Å²) in [5.74, 6) is -1.90. The predicted octanol–water partition coefficient (Wildman–Crippen LogP) is 3.05. The van der Waals surface area contributed by atoms with Gasteiger partial charge in [0.1, 0.15) is 6.61 Å². The van der Waals surface area contributed by atoms with Crippen molar-refractivity contribution in [3.63, 3.8) is 0 Å². The van der Waals surface area contributed by atoms with Gasteiger partial charge in [-0.05, 0) is 18.4 Å². The van der Waals surface area contributed by atoms with E-state index in [2.05, 4.69) is 0 Å². The van der Waals surface area contributed by atoms with Crippen LogP contribution in [0.25, 0.3) is 0 Å². The van der Waals surface area contributed by atoms with E-state index in [1.165, 1.54) is 0 Å². The molecule has 0 aromatic heterocycles. The van der Waals surface area contributed by atoms with Gasteiger partial charge in [0.25, 0.3) is 0 Å². The molecular weight excluding hydrogens is 315 g/mol. The van der Waals surface area contributed by atoms with Crippen LogP contribution < -0.4 is 0 Å². The summed E-state index contributed by atoms with van der Waals surface area (Å²) >= 11 is 0. The van der Waals surface area contributed by atoms with E-state index in [-0.39, 0.29) is 19.7 Å². The fourth-order valence-electron chi connectivity index (χ4n) is 2.50. The lowest BCUT2D eigenvalue weighted by molar-refractivity contribution is -0.241. The van der Waals surface area contributed by atoms with Crippen molar-refractivity contribution in [1.82, 2.24) is 4.90 Å². The Bertz CT molecular complexity index is 566. The van der Waals surface area contributed by atoms with Gasteiger partial charge in [-0.3, -0.25) is 4.79 Å². The van der Waals surface area contributed by atoms with Gasteiger partial charge in [-0.2, -0.15) is 13.2 Å². The number of rotatable bonds is 3. The van der Waals surface area contributed by atoms with Crippen LogP contribution in [0.3, 0.4) is 0 Å².